The van der Waals surface area contributed by atoms with Gasteiger partial charge >= 0.3 is 0 Å². The summed E-state index contributed by atoms with van der Waals surface area (Å²) in [6, 6.07) is 0. The molecule has 0 spiro atoms. The average molecular weight is 298 g/mol. The molecule has 6 nitrogen and oxygen atoms in total. The highest BCUT2D eigenvalue weighted by atomic mass is 32.2. The number of rotatable bonds is 5. The average Bonchev–Trinajstić information content (AvgIpc) is 2.72. The van der Waals surface area contributed by atoms with Gasteiger partial charge in [0, 0.05) is 19.6 Å². The van der Waals surface area contributed by atoms with Crippen molar-refractivity contribution in [1.82, 2.24) is 14.1 Å². The van der Waals surface area contributed by atoms with Crippen LogP contribution in [0.2, 0.25) is 0 Å². The van der Waals surface area contributed by atoms with Crippen LogP contribution in [-0.2, 0) is 16.6 Å². The van der Waals surface area contributed by atoms with E-state index in [4.69, 9.17) is 5.73 Å². The van der Waals surface area contributed by atoms with Crippen molar-refractivity contribution in [3.8, 4) is 0 Å². The minimum atomic E-state index is -3.46. The summed E-state index contributed by atoms with van der Waals surface area (Å²) in [6.07, 6.45) is 5.45. The van der Waals surface area contributed by atoms with Crippen LogP contribution in [-0.4, -0.2) is 42.1 Å². The van der Waals surface area contributed by atoms with E-state index in [9.17, 15) is 8.42 Å². The molecule has 2 rings (SSSR count). The first-order valence-corrected chi connectivity index (χ1v) is 8.31. The molecule has 7 heteroatoms. The molecule has 0 bridgehead atoms. The van der Waals surface area contributed by atoms with Gasteiger partial charge in [0.15, 0.2) is 0 Å². The van der Waals surface area contributed by atoms with Gasteiger partial charge in [0.2, 0.25) is 10.0 Å². The van der Waals surface area contributed by atoms with Crippen LogP contribution in [0.25, 0.3) is 0 Å². The second kappa shape index (κ2) is 6.07. The van der Waals surface area contributed by atoms with E-state index in [1.54, 1.807) is 11.6 Å². The van der Waals surface area contributed by atoms with Crippen LogP contribution in [0.15, 0.2) is 17.0 Å². The molecular formula is C13H22N4O2S. The van der Waals surface area contributed by atoms with Crippen molar-refractivity contribution in [2.75, 3.05) is 19.6 Å². The third-order valence-electron chi connectivity index (χ3n) is 3.51. The molecule has 2 heterocycles. The van der Waals surface area contributed by atoms with E-state index in [1.807, 2.05) is 19.1 Å². The van der Waals surface area contributed by atoms with Crippen molar-refractivity contribution in [1.29, 1.82) is 0 Å². The van der Waals surface area contributed by atoms with Crippen LogP contribution in [0.4, 0.5) is 0 Å². The van der Waals surface area contributed by atoms with E-state index in [0.717, 1.165) is 12.8 Å². The first kappa shape index (κ1) is 15.2. The normalized spacial score (nSPS) is 16.8. The highest BCUT2D eigenvalue weighted by Crippen LogP contribution is 2.24. The highest BCUT2D eigenvalue weighted by molar-refractivity contribution is 7.89. The van der Waals surface area contributed by atoms with Crippen molar-refractivity contribution >= 4 is 10.0 Å². The molecule has 1 aromatic heterocycles. The third kappa shape index (κ3) is 2.79. The number of aromatic nitrogens is 2. The first-order chi connectivity index (χ1) is 9.48. The largest absolute Gasteiger partial charge is 0.330 e. The van der Waals surface area contributed by atoms with E-state index >= 15 is 0 Å². The summed E-state index contributed by atoms with van der Waals surface area (Å²) in [7, 11) is -3.46. The maximum Gasteiger partial charge on any atom is 0.247 e. The Morgan fingerprint density at radius 3 is 2.70 bits per heavy atom. The summed E-state index contributed by atoms with van der Waals surface area (Å²) in [6.45, 7) is 5.75. The predicted molar refractivity (Wildman–Crippen MR) is 77.9 cm³/mol. The van der Waals surface area contributed by atoms with Crippen LogP contribution >= 0.6 is 0 Å². The summed E-state index contributed by atoms with van der Waals surface area (Å²) >= 11 is 0. The van der Waals surface area contributed by atoms with Gasteiger partial charge in [-0.05, 0) is 33.2 Å². The molecule has 1 aromatic rings. The molecule has 1 aliphatic rings. The zero-order chi connectivity index (χ0) is 14.8. The van der Waals surface area contributed by atoms with Gasteiger partial charge in [-0.25, -0.2) is 8.42 Å². The number of aryl methyl sites for hydroxylation is 2. The van der Waals surface area contributed by atoms with Gasteiger partial charge in [0.05, 0.1) is 11.4 Å². The quantitative estimate of drug-likeness (QED) is 0.815. The topological polar surface area (TPSA) is 81.2 Å². The molecular weight excluding hydrogens is 276 g/mol. The lowest BCUT2D eigenvalue weighted by Crippen LogP contribution is -2.34. The van der Waals surface area contributed by atoms with Crippen LogP contribution in [0.3, 0.4) is 0 Å². The van der Waals surface area contributed by atoms with Gasteiger partial charge in [0.25, 0.3) is 0 Å². The number of nitrogens with zero attached hydrogens (tertiary/aromatic N) is 3. The molecule has 0 amide bonds. The molecule has 20 heavy (non-hydrogen) atoms. The maximum absolute atomic E-state index is 12.7. The zero-order valence-electron chi connectivity index (χ0n) is 12.0. The number of sulfonamides is 1. The summed E-state index contributed by atoms with van der Waals surface area (Å²) in [5.41, 5.74) is 6.76. The molecule has 0 radical (unpaired) electrons. The Hall–Kier alpha value is -1.18. The fraction of sp³-hybridized carbons (Fsp3) is 0.615. The molecule has 0 atom stereocenters. The standard InChI is InChI=1S/C13H22N4O2S/c1-11-13(12(2)17(15-11)10-6-7-14)20(18,19)16-8-4-3-5-9-16/h3-4H,5-10,14H2,1-2H3. The Labute approximate surface area is 120 Å². The second-order valence-corrected chi connectivity index (χ2v) is 6.86. The van der Waals surface area contributed by atoms with Crippen molar-refractivity contribution in [3.05, 3.63) is 23.5 Å². The Morgan fingerprint density at radius 2 is 2.10 bits per heavy atom. The molecule has 2 N–H and O–H groups in total. The number of hydrogen-bond acceptors (Lipinski definition) is 4. The third-order valence-corrected chi connectivity index (χ3v) is 5.63. The fourth-order valence-corrected chi connectivity index (χ4v) is 4.26. The Morgan fingerprint density at radius 1 is 1.35 bits per heavy atom. The molecule has 112 valence electrons. The van der Waals surface area contributed by atoms with E-state index < -0.39 is 10.0 Å². The van der Waals surface area contributed by atoms with Gasteiger partial charge < -0.3 is 5.73 Å². The number of nitrogens with two attached hydrogens (primary N) is 1. The molecule has 0 unspecified atom stereocenters. The molecule has 0 saturated heterocycles. The Kier molecular flexibility index (Phi) is 4.62. The molecule has 0 aromatic carbocycles. The van der Waals surface area contributed by atoms with Gasteiger partial charge in [-0.2, -0.15) is 9.40 Å². The smallest absolute Gasteiger partial charge is 0.247 e. The molecule has 1 aliphatic heterocycles. The van der Waals surface area contributed by atoms with E-state index in [1.165, 1.54) is 4.31 Å². The first-order valence-electron chi connectivity index (χ1n) is 6.87. The van der Waals surface area contributed by atoms with Crippen molar-refractivity contribution < 1.29 is 8.42 Å². The summed E-state index contributed by atoms with van der Waals surface area (Å²) in [5, 5.41) is 4.35. The van der Waals surface area contributed by atoms with Crippen molar-refractivity contribution in [3.63, 3.8) is 0 Å². The van der Waals surface area contributed by atoms with Crippen LogP contribution in [0.1, 0.15) is 24.2 Å². The van der Waals surface area contributed by atoms with Crippen LogP contribution in [0.5, 0.6) is 0 Å². The van der Waals surface area contributed by atoms with Gasteiger partial charge in [-0.1, -0.05) is 12.2 Å². The lowest BCUT2D eigenvalue weighted by molar-refractivity contribution is 0.436. The maximum atomic E-state index is 12.7. The minimum Gasteiger partial charge on any atom is -0.330 e. The van der Waals surface area contributed by atoms with Crippen molar-refractivity contribution in [2.45, 2.75) is 38.1 Å². The lowest BCUT2D eigenvalue weighted by Gasteiger charge is -2.22. The van der Waals surface area contributed by atoms with Gasteiger partial charge in [-0.3, -0.25) is 4.68 Å². The number of hydrogen-bond donors (Lipinski definition) is 1. The predicted octanol–water partition coefficient (Wildman–Crippen LogP) is 0.799. The molecule has 0 aliphatic carbocycles. The molecule has 0 saturated carbocycles. The zero-order valence-corrected chi connectivity index (χ0v) is 12.9. The summed E-state index contributed by atoms with van der Waals surface area (Å²) in [5.74, 6) is 0. The van der Waals surface area contributed by atoms with Crippen molar-refractivity contribution in [2.24, 2.45) is 5.73 Å². The monoisotopic (exact) mass is 298 g/mol. The van der Waals surface area contributed by atoms with E-state index in [-0.39, 0.29) is 0 Å². The van der Waals surface area contributed by atoms with E-state index in [2.05, 4.69) is 5.10 Å². The van der Waals surface area contributed by atoms with E-state index in [0.29, 0.717) is 42.5 Å². The second-order valence-electron chi connectivity index (χ2n) is 4.99. The summed E-state index contributed by atoms with van der Waals surface area (Å²) < 4.78 is 28.7. The molecule has 0 fully saturated rings. The van der Waals surface area contributed by atoms with Crippen LogP contribution < -0.4 is 5.73 Å². The highest BCUT2D eigenvalue weighted by Gasteiger charge is 2.30. The SMILES string of the molecule is Cc1nn(CCCN)c(C)c1S(=O)(=O)N1CC=CCC1. The summed E-state index contributed by atoms with van der Waals surface area (Å²) in [4.78, 5) is 0.352. The van der Waals surface area contributed by atoms with Crippen LogP contribution in [0, 0.1) is 13.8 Å². The Bertz CT molecular complexity index is 604. The van der Waals surface area contributed by atoms with Gasteiger partial charge in [-0.15, -0.1) is 0 Å². The fourth-order valence-electron chi connectivity index (χ4n) is 2.48. The minimum absolute atomic E-state index is 0.352. The lowest BCUT2D eigenvalue weighted by atomic mass is 10.3. The van der Waals surface area contributed by atoms with Gasteiger partial charge in [0.1, 0.15) is 4.90 Å². The Balaban J connectivity index is 2.36.